The van der Waals surface area contributed by atoms with Crippen molar-refractivity contribution in [3.63, 3.8) is 0 Å². The maximum atomic E-state index is 12.4. The van der Waals surface area contributed by atoms with Gasteiger partial charge in [-0.05, 0) is 83.3 Å². The lowest BCUT2D eigenvalue weighted by Crippen LogP contribution is -2.12. The number of hydrogen-bond acceptors (Lipinski definition) is 4. The average molecular weight is 463 g/mol. The van der Waals surface area contributed by atoms with Gasteiger partial charge in [0.15, 0.2) is 0 Å². The van der Waals surface area contributed by atoms with Gasteiger partial charge in [0.2, 0.25) is 0 Å². The van der Waals surface area contributed by atoms with E-state index in [9.17, 15) is 8.42 Å². The van der Waals surface area contributed by atoms with Gasteiger partial charge in [-0.25, -0.2) is 8.42 Å². The van der Waals surface area contributed by atoms with E-state index in [0.29, 0.717) is 11.4 Å². The van der Waals surface area contributed by atoms with Crippen molar-refractivity contribution in [1.29, 1.82) is 0 Å². The van der Waals surface area contributed by atoms with E-state index in [1.807, 2.05) is 30.3 Å². The summed E-state index contributed by atoms with van der Waals surface area (Å²) in [6.45, 7) is 0. The Morgan fingerprint density at radius 2 is 1.28 bits per heavy atom. The molecule has 0 saturated carbocycles. The van der Waals surface area contributed by atoms with E-state index < -0.39 is 10.0 Å². The van der Waals surface area contributed by atoms with Crippen LogP contribution >= 0.6 is 22.6 Å². The number of hydrogen-bond donors (Lipinski definition) is 1. The molecule has 0 aliphatic carbocycles. The van der Waals surface area contributed by atoms with Crippen LogP contribution in [-0.4, -0.2) is 8.42 Å². The van der Waals surface area contributed by atoms with Crippen molar-refractivity contribution in [2.24, 2.45) is 10.2 Å². The fraction of sp³-hybridized carbons (Fsp3) is 0. The van der Waals surface area contributed by atoms with Crippen molar-refractivity contribution in [1.82, 2.24) is 0 Å². The third-order valence-electron chi connectivity index (χ3n) is 3.28. The number of azo groups is 1. The maximum Gasteiger partial charge on any atom is 0.261 e. The summed E-state index contributed by atoms with van der Waals surface area (Å²) in [5.41, 5.74) is 1.87. The molecule has 5 nitrogen and oxygen atoms in total. The third-order valence-corrected chi connectivity index (χ3v) is 5.40. The zero-order chi connectivity index (χ0) is 17.7. The van der Waals surface area contributed by atoms with Gasteiger partial charge in [-0.15, -0.1) is 0 Å². The second-order valence-corrected chi connectivity index (χ2v) is 8.07. The van der Waals surface area contributed by atoms with Gasteiger partial charge in [0.1, 0.15) is 0 Å². The fourth-order valence-electron chi connectivity index (χ4n) is 2.03. The van der Waals surface area contributed by atoms with E-state index >= 15 is 0 Å². The Morgan fingerprint density at radius 3 is 1.88 bits per heavy atom. The Kier molecular flexibility index (Phi) is 5.44. The summed E-state index contributed by atoms with van der Waals surface area (Å²) in [6, 6.07) is 22.8. The summed E-state index contributed by atoms with van der Waals surface area (Å²) in [5.74, 6) is 0. The Labute approximate surface area is 160 Å². The number of rotatable bonds is 5. The molecule has 0 aliphatic heterocycles. The van der Waals surface area contributed by atoms with Crippen LogP contribution in [0.1, 0.15) is 0 Å². The van der Waals surface area contributed by atoms with Crippen LogP contribution in [0.2, 0.25) is 0 Å². The molecule has 0 radical (unpaired) electrons. The minimum absolute atomic E-state index is 0.223. The Balaban J connectivity index is 1.72. The fourth-order valence-corrected chi connectivity index (χ4v) is 3.45. The van der Waals surface area contributed by atoms with Crippen molar-refractivity contribution >= 4 is 49.7 Å². The summed E-state index contributed by atoms with van der Waals surface area (Å²) in [5, 5.41) is 8.25. The summed E-state index contributed by atoms with van der Waals surface area (Å²) < 4.78 is 28.2. The predicted octanol–water partition coefficient (Wildman–Crippen LogP) is 5.51. The number of halogens is 1. The van der Waals surface area contributed by atoms with E-state index in [1.54, 1.807) is 48.5 Å². The number of benzene rings is 3. The molecule has 0 aromatic heterocycles. The molecule has 0 bridgehead atoms. The van der Waals surface area contributed by atoms with Crippen LogP contribution in [0.5, 0.6) is 0 Å². The van der Waals surface area contributed by atoms with Crippen LogP contribution in [0.4, 0.5) is 17.1 Å². The highest BCUT2D eigenvalue weighted by atomic mass is 127. The van der Waals surface area contributed by atoms with Gasteiger partial charge >= 0.3 is 0 Å². The molecule has 1 N–H and O–H groups in total. The lowest BCUT2D eigenvalue weighted by molar-refractivity contribution is 0.601. The first kappa shape index (κ1) is 17.6. The average Bonchev–Trinajstić information content (AvgIpc) is 2.62. The quantitative estimate of drug-likeness (QED) is 0.401. The number of anilines is 1. The van der Waals surface area contributed by atoms with E-state index in [4.69, 9.17) is 0 Å². The van der Waals surface area contributed by atoms with Gasteiger partial charge in [0, 0.05) is 9.26 Å². The number of sulfonamides is 1. The first-order chi connectivity index (χ1) is 12.0. The first-order valence-corrected chi connectivity index (χ1v) is 9.94. The van der Waals surface area contributed by atoms with Crippen LogP contribution in [0.25, 0.3) is 0 Å². The van der Waals surface area contributed by atoms with Gasteiger partial charge in [-0.3, -0.25) is 4.72 Å². The molecule has 0 fully saturated rings. The molecule has 3 aromatic rings. The molecule has 0 aliphatic rings. The van der Waals surface area contributed by atoms with E-state index in [1.165, 1.54) is 0 Å². The van der Waals surface area contributed by atoms with Crippen molar-refractivity contribution in [2.75, 3.05) is 4.72 Å². The molecule has 0 heterocycles. The van der Waals surface area contributed by atoms with Crippen LogP contribution in [0.15, 0.2) is 94.0 Å². The normalized spacial score (nSPS) is 11.6. The second kappa shape index (κ2) is 7.75. The smallest absolute Gasteiger partial charge is 0.261 e. The van der Waals surface area contributed by atoms with Crippen molar-refractivity contribution in [3.8, 4) is 0 Å². The molecule has 0 amide bonds. The summed E-state index contributed by atoms with van der Waals surface area (Å²) in [4.78, 5) is 0.223. The molecular weight excluding hydrogens is 449 g/mol. The third kappa shape index (κ3) is 4.86. The van der Waals surface area contributed by atoms with Gasteiger partial charge in [0.05, 0.1) is 16.3 Å². The van der Waals surface area contributed by atoms with E-state index in [0.717, 1.165) is 9.26 Å². The van der Waals surface area contributed by atoms with E-state index in [2.05, 4.69) is 37.5 Å². The molecule has 7 heteroatoms. The second-order valence-electron chi connectivity index (χ2n) is 5.14. The van der Waals surface area contributed by atoms with E-state index in [-0.39, 0.29) is 4.90 Å². The maximum absolute atomic E-state index is 12.4. The van der Waals surface area contributed by atoms with Gasteiger partial charge in [-0.2, -0.15) is 10.2 Å². The minimum atomic E-state index is -3.61. The first-order valence-electron chi connectivity index (χ1n) is 7.38. The topological polar surface area (TPSA) is 70.9 Å². The SMILES string of the molecule is O=S(=O)(Nc1ccc(N=Nc2ccccc2)cc1)c1ccc(I)cc1. The van der Waals surface area contributed by atoms with Gasteiger partial charge in [0.25, 0.3) is 10.0 Å². The molecule has 0 saturated heterocycles. The molecule has 0 unspecified atom stereocenters. The summed E-state index contributed by atoms with van der Waals surface area (Å²) >= 11 is 2.13. The molecule has 25 heavy (non-hydrogen) atoms. The highest BCUT2D eigenvalue weighted by Crippen LogP contribution is 2.22. The number of nitrogens with one attached hydrogen (secondary N) is 1. The largest absolute Gasteiger partial charge is 0.280 e. The summed E-state index contributed by atoms with van der Waals surface area (Å²) in [6.07, 6.45) is 0. The lowest BCUT2D eigenvalue weighted by atomic mass is 10.3. The lowest BCUT2D eigenvalue weighted by Gasteiger charge is -2.08. The van der Waals surface area contributed by atoms with Crippen molar-refractivity contribution in [3.05, 3.63) is 82.4 Å². The summed E-state index contributed by atoms with van der Waals surface area (Å²) in [7, 11) is -3.61. The predicted molar refractivity (Wildman–Crippen MR) is 107 cm³/mol. The molecule has 3 aromatic carbocycles. The monoisotopic (exact) mass is 463 g/mol. The Hall–Kier alpha value is -2.26. The molecule has 3 rings (SSSR count). The molecule has 0 atom stereocenters. The molecule has 126 valence electrons. The minimum Gasteiger partial charge on any atom is -0.280 e. The highest BCUT2D eigenvalue weighted by molar-refractivity contribution is 14.1. The molecular formula is C18H14IN3O2S. The molecule has 0 spiro atoms. The number of nitrogens with zero attached hydrogens (tertiary/aromatic N) is 2. The zero-order valence-electron chi connectivity index (χ0n) is 13.0. The zero-order valence-corrected chi connectivity index (χ0v) is 16.0. The van der Waals surface area contributed by atoms with Crippen LogP contribution in [-0.2, 0) is 10.0 Å². The van der Waals surface area contributed by atoms with Crippen LogP contribution < -0.4 is 4.72 Å². The Bertz CT molecular complexity index is 971. The van der Waals surface area contributed by atoms with Crippen molar-refractivity contribution in [2.45, 2.75) is 4.90 Å². The van der Waals surface area contributed by atoms with Crippen LogP contribution in [0, 0.1) is 3.57 Å². The Morgan fingerprint density at radius 1 is 0.720 bits per heavy atom. The van der Waals surface area contributed by atoms with Gasteiger partial charge < -0.3 is 0 Å². The van der Waals surface area contributed by atoms with Gasteiger partial charge in [-0.1, -0.05) is 18.2 Å². The van der Waals surface area contributed by atoms with Crippen molar-refractivity contribution < 1.29 is 8.42 Å². The standard InChI is InChI=1S/C18H14IN3O2S/c19-14-6-12-18(13-7-14)25(23,24)22-17-10-8-16(9-11-17)21-20-15-4-2-1-3-5-15/h1-13,22H. The van der Waals surface area contributed by atoms with Crippen LogP contribution in [0.3, 0.4) is 0 Å². The highest BCUT2D eigenvalue weighted by Gasteiger charge is 2.13.